The lowest BCUT2D eigenvalue weighted by atomic mass is 10.1. The predicted molar refractivity (Wildman–Crippen MR) is 108 cm³/mol. The standard InChI is InChI=1S/C21H21F3N6/c1-14(2)30-13-18(21(22,23)24)29-20(30)16-7-5-15(6-8-16)10-26-9-3-4-17-11-28-19(25)12-27-17/h5-8,11-14,26H,9-10H2,1-2H3,(H2,25,28). The molecule has 0 saturated heterocycles. The van der Waals surface area contributed by atoms with E-state index in [4.69, 9.17) is 5.73 Å². The lowest BCUT2D eigenvalue weighted by molar-refractivity contribution is -0.140. The Labute approximate surface area is 172 Å². The molecule has 6 nitrogen and oxygen atoms in total. The van der Waals surface area contributed by atoms with E-state index < -0.39 is 11.9 Å². The lowest BCUT2D eigenvalue weighted by Gasteiger charge is -2.11. The van der Waals surface area contributed by atoms with Crippen LogP contribution >= 0.6 is 0 Å². The highest BCUT2D eigenvalue weighted by molar-refractivity contribution is 5.57. The molecule has 0 aliphatic carbocycles. The van der Waals surface area contributed by atoms with Crippen LogP contribution < -0.4 is 11.1 Å². The van der Waals surface area contributed by atoms with Gasteiger partial charge >= 0.3 is 6.18 Å². The number of nitrogens with two attached hydrogens (primary N) is 1. The van der Waals surface area contributed by atoms with Crippen LogP contribution in [0, 0.1) is 11.8 Å². The maximum absolute atomic E-state index is 13.0. The molecule has 0 unspecified atom stereocenters. The number of nitrogens with one attached hydrogen (secondary N) is 1. The second-order valence-electron chi connectivity index (χ2n) is 6.88. The van der Waals surface area contributed by atoms with Crippen LogP contribution in [-0.4, -0.2) is 26.1 Å². The number of nitrogen functional groups attached to an aromatic ring is 1. The summed E-state index contributed by atoms with van der Waals surface area (Å²) in [7, 11) is 0. The van der Waals surface area contributed by atoms with E-state index in [1.807, 2.05) is 26.0 Å². The zero-order chi connectivity index (χ0) is 21.7. The van der Waals surface area contributed by atoms with E-state index in [1.54, 1.807) is 12.1 Å². The zero-order valence-electron chi connectivity index (χ0n) is 16.5. The van der Waals surface area contributed by atoms with Crippen LogP contribution in [0.2, 0.25) is 0 Å². The van der Waals surface area contributed by atoms with Gasteiger partial charge in [0.05, 0.1) is 18.9 Å². The first-order valence-electron chi connectivity index (χ1n) is 9.26. The van der Waals surface area contributed by atoms with Crippen molar-refractivity contribution in [3.05, 3.63) is 59.8 Å². The molecule has 0 aliphatic heterocycles. The Morgan fingerprint density at radius 1 is 1.13 bits per heavy atom. The van der Waals surface area contributed by atoms with E-state index in [0.717, 1.165) is 11.8 Å². The number of halogens is 3. The van der Waals surface area contributed by atoms with Crippen molar-refractivity contribution in [3.63, 3.8) is 0 Å². The molecular weight excluding hydrogens is 393 g/mol. The first kappa shape index (κ1) is 21.3. The summed E-state index contributed by atoms with van der Waals surface area (Å²) >= 11 is 0. The number of rotatable bonds is 5. The Morgan fingerprint density at radius 2 is 1.87 bits per heavy atom. The molecule has 0 spiro atoms. The van der Waals surface area contributed by atoms with Crippen molar-refractivity contribution in [2.75, 3.05) is 12.3 Å². The molecule has 0 bridgehead atoms. The number of anilines is 1. The van der Waals surface area contributed by atoms with Gasteiger partial charge in [0.1, 0.15) is 17.3 Å². The largest absolute Gasteiger partial charge is 0.434 e. The van der Waals surface area contributed by atoms with Gasteiger partial charge in [-0.2, -0.15) is 13.2 Å². The van der Waals surface area contributed by atoms with Crippen LogP contribution in [0.1, 0.15) is 36.8 Å². The van der Waals surface area contributed by atoms with E-state index in [2.05, 4.69) is 32.1 Å². The summed E-state index contributed by atoms with van der Waals surface area (Å²) < 4.78 is 40.7. The molecule has 0 amide bonds. The summed E-state index contributed by atoms with van der Waals surface area (Å²) in [5.41, 5.74) is 6.73. The second-order valence-corrected chi connectivity index (χ2v) is 6.88. The van der Waals surface area contributed by atoms with E-state index in [-0.39, 0.29) is 6.04 Å². The molecule has 0 fully saturated rings. The van der Waals surface area contributed by atoms with Crippen LogP contribution in [0.15, 0.2) is 42.9 Å². The molecule has 156 valence electrons. The Morgan fingerprint density at radius 3 is 2.47 bits per heavy atom. The third-order valence-electron chi connectivity index (χ3n) is 4.22. The molecular formula is C21H21F3N6. The second kappa shape index (κ2) is 8.97. The van der Waals surface area contributed by atoms with Gasteiger partial charge in [0.15, 0.2) is 5.69 Å². The van der Waals surface area contributed by atoms with Crippen LogP contribution in [-0.2, 0) is 12.7 Å². The molecule has 9 heteroatoms. The highest BCUT2D eigenvalue weighted by atomic mass is 19.4. The van der Waals surface area contributed by atoms with Crippen molar-refractivity contribution in [1.29, 1.82) is 0 Å². The molecule has 2 aromatic heterocycles. The number of aromatic nitrogens is 4. The third kappa shape index (κ3) is 5.36. The molecule has 3 aromatic rings. The highest BCUT2D eigenvalue weighted by Gasteiger charge is 2.35. The summed E-state index contributed by atoms with van der Waals surface area (Å²) in [6.45, 7) is 4.65. The van der Waals surface area contributed by atoms with Crippen molar-refractivity contribution in [2.24, 2.45) is 0 Å². The van der Waals surface area contributed by atoms with Gasteiger partial charge in [0.2, 0.25) is 0 Å². The van der Waals surface area contributed by atoms with E-state index in [0.29, 0.717) is 36.0 Å². The van der Waals surface area contributed by atoms with E-state index in [1.165, 1.54) is 17.0 Å². The molecule has 1 aromatic carbocycles. The van der Waals surface area contributed by atoms with Gasteiger partial charge in [-0.3, -0.25) is 0 Å². The maximum Gasteiger partial charge on any atom is 0.434 e. The summed E-state index contributed by atoms with van der Waals surface area (Å²) in [5.74, 6) is 6.46. The van der Waals surface area contributed by atoms with Crippen LogP contribution in [0.4, 0.5) is 19.0 Å². The van der Waals surface area contributed by atoms with Crippen molar-refractivity contribution < 1.29 is 13.2 Å². The molecule has 2 heterocycles. The molecule has 0 radical (unpaired) electrons. The lowest BCUT2D eigenvalue weighted by Crippen LogP contribution is -2.13. The van der Waals surface area contributed by atoms with E-state index >= 15 is 0 Å². The minimum atomic E-state index is -4.47. The molecule has 0 atom stereocenters. The van der Waals surface area contributed by atoms with Crippen LogP contribution in [0.25, 0.3) is 11.4 Å². The fourth-order valence-electron chi connectivity index (χ4n) is 2.72. The van der Waals surface area contributed by atoms with Gasteiger partial charge in [-0.25, -0.2) is 15.0 Å². The SMILES string of the molecule is CC(C)n1cc(C(F)(F)F)nc1-c1ccc(CNCC#Cc2cnc(N)cn2)cc1. The third-order valence-corrected chi connectivity index (χ3v) is 4.22. The average molecular weight is 414 g/mol. The number of nitrogens with zero attached hydrogens (tertiary/aromatic N) is 4. The van der Waals surface area contributed by atoms with E-state index in [9.17, 15) is 13.2 Å². The Balaban J connectivity index is 1.63. The van der Waals surface area contributed by atoms with Crippen molar-refractivity contribution in [2.45, 2.75) is 32.6 Å². The number of alkyl halides is 3. The summed E-state index contributed by atoms with van der Waals surface area (Å²) in [5, 5.41) is 3.18. The van der Waals surface area contributed by atoms with Gasteiger partial charge in [0.25, 0.3) is 0 Å². The minimum Gasteiger partial charge on any atom is -0.382 e. The first-order chi connectivity index (χ1) is 14.2. The highest BCUT2D eigenvalue weighted by Crippen LogP contribution is 2.32. The van der Waals surface area contributed by atoms with Crippen molar-refractivity contribution >= 4 is 5.82 Å². The van der Waals surface area contributed by atoms with Crippen LogP contribution in [0.5, 0.6) is 0 Å². The fraction of sp³-hybridized carbons (Fsp3) is 0.286. The molecule has 30 heavy (non-hydrogen) atoms. The Hall–Kier alpha value is -3.38. The normalized spacial score (nSPS) is 11.4. The quantitative estimate of drug-likeness (QED) is 0.492. The summed E-state index contributed by atoms with van der Waals surface area (Å²) in [6, 6.07) is 7.11. The molecule has 0 aliphatic rings. The Kier molecular flexibility index (Phi) is 6.37. The number of hydrogen-bond acceptors (Lipinski definition) is 5. The van der Waals surface area contributed by atoms with Crippen molar-refractivity contribution in [3.8, 4) is 23.2 Å². The predicted octanol–water partition coefficient (Wildman–Crippen LogP) is 3.66. The average Bonchev–Trinajstić information content (AvgIpc) is 3.16. The number of hydrogen-bond donors (Lipinski definition) is 2. The number of benzene rings is 1. The van der Waals surface area contributed by atoms with Gasteiger partial charge in [-0.05, 0) is 25.3 Å². The van der Waals surface area contributed by atoms with Gasteiger partial charge in [-0.15, -0.1) is 0 Å². The molecule has 0 saturated carbocycles. The number of imidazole rings is 1. The van der Waals surface area contributed by atoms with Gasteiger partial charge in [-0.1, -0.05) is 30.2 Å². The van der Waals surface area contributed by atoms with Gasteiger partial charge in [0, 0.05) is 24.3 Å². The van der Waals surface area contributed by atoms with Crippen LogP contribution in [0.3, 0.4) is 0 Å². The summed E-state index contributed by atoms with van der Waals surface area (Å²) in [4.78, 5) is 11.8. The molecule has 3 rings (SSSR count). The van der Waals surface area contributed by atoms with Crippen molar-refractivity contribution in [1.82, 2.24) is 24.8 Å². The Bertz CT molecular complexity index is 1040. The smallest absolute Gasteiger partial charge is 0.382 e. The monoisotopic (exact) mass is 414 g/mol. The minimum absolute atomic E-state index is 0.144. The first-order valence-corrected chi connectivity index (χ1v) is 9.26. The zero-order valence-corrected chi connectivity index (χ0v) is 16.5. The summed E-state index contributed by atoms with van der Waals surface area (Å²) in [6.07, 6.45) is -0.467. The molecule has 3 N–H and O–H groups in total. The topological polar surface area (TPSA) is 81.7 Å². The van der Waals surface area contributed by atoms with Gasteiger partial charge < -0.3 is 15.6 Å². The maximum atomic E-state index is 13.0. The fourth-order valence-corrected chi connectivity index (χ4v) is 2.72.